The van der Waals surface area contributed by atoms with Crippen LogP contribution in [0, 0.1) is 12.8 Å². The molecule has 1 saturated carbocycles. The first kappa shape index (κ1) is 18.4. The Balaban J connectivity index is 1.54. The lowest BCUT2D eigenvalue weighted by Crippen LogP contribution is -2.55. The van der Waals surface area contributed by atoms with Gasteiger partial charge in [0, 0.05) is 25.0 Å². The van der Waals surface area contributed by atoms with Crippen LogP contribution in [-0.2, 0) is 16.1 Å². The summed E-state index contributed by atoms with van der Waals surface area (Å²) in [6.07, 6.45) is 3.89. The van der Waals surface area contributed by atoms with E-state index in [1.807, 2.05) is 12.1 Å². The SMILES string of the molecule is Cc1cccc(CNC(=O)CN2CCOCC2C2CCCCC2O)c1. The molecule has 3 atom stereocenters. The second-order valence-corrected chi connectivity index (χ2v) is 7.39. The summed E-state index contributed by atoms with van der Waals surface area (Å²) in [5.74, 6) is 0.261. The van der Waals surface area contributed by atoms with Gasteiger partial charge in [-0.05, 0) is 25.3 Å². The zero-order valence-corrected chi connectivity index (χ0v) is 15.1. The third kappa shape index (κ3) is 5.03. The molecule has 3 unspecified atom stereocenters. The number of rotatable bonds is 5. The van der Waals surface area contributed by atoms with Crippen molar-refractivity contribution in [2.75, 3.05) is 26.3 Å². The zero-order valence-electron chi connectivity index (χ0n) is 15.1. The van der Waals surface area contributed by atoms with Gasteiger partial charge in [0.05, 0.1) is 25.9 Å². The molecule has 3 rings (SSSR count). The van der Waals surface area contributed by atoms with Crippen LogP contribution in [0.4, 0.5) is 0 Å². The third-order valence-electron chi connectivity index (χ3n) is 5.48. The van der Waals surface area contributed by atoms with Crippen LogP contribution in [0.5, 0.6) is 0 Å². The average Bonchev–Trinajstić information content (AvgIpc) is 2.61. The van der Waals surface area contributed by atoms with Crippen LogP contribution >= 0.6 is 0 Å². The van der Waals surface area contributed by atoms with Crippen LogP contribution in [0.25, 0.3) is 0 Å². The van der Waals surface area contributed by atoms with Crippen molar-refractivity contribution >= 4 is 5.91 Å². The smallest absolute Gasteiger partial charge is 0.234 e. The summed E-state index contributed by atoms with van der Waals surface area (Å²) in [6, 6.07) is 8.34. The Bertz CT molecular complexity index is 578. The number of hydrogen-bond acceptors (Lipinski definition) is 4. The molecule has 1 aliphatic carbocycles. The van der Waals surface area contributed by atoms with Crippen LogP contribution in [0.3, 0.4) is 0 Å². The molecule has 1 amide bonds. The highest BCUT2D eigenvalue weighted by molar-refractivity contribution is 5.78. The summed E-state index contributed by atoms with van der Waals surface area (Å²) in [7, 11) is 0. The van der Waals surface area contributed by atoms with E-state index in [4.69, 9.17) is 4.74 Å². The summed E-state index contributed by atoms with van der Waals surface area (Å²) in [5.41, 5.74) is 2.32. The highest BCUT2D eigenvalue weighted by atomic mass is 16.5. The molecule has 5 heteroatoms. The lowest BCUT2D eigenvalue weighted by Gasteiger charge is -2.43. The Morgan fingerprint density at radius 1 is 1.36 bits per heavy atom. The highest BCUT2D eigenvalue weighted by Gasteiger charge is 2.36. The Morgan fingerprint density at radius 2 is 2.20 bits per heavy atom. The van der Waals surface area contributed by atoms with E-state index in [9.17, 15) is 9.90 Å². The largest absolute Gasteiger partial charge is 0.393 e. The van der Waals surface area contributed by atoms with Crippen LogP contribution in [0.2, 0.25) is 0 Å². The third-order valence-corrected chi connectivity index (χ3v) is 5.48. The first-order valence-electron chi connectivity index (χ1n) is 9.45. The molecule has 1 aliphatic heterocycles. The number of amides is 1. The Kier molecular flexibility index (Phi) is 6.45. The molecular formula is C20H30N2O3. The molecule has 0 radical (unpaired) electrons. The molecule has 138 valence electrons. The van der Waals surface area contributed by atoms with E-state index in [1.165, 1.54) is 5.56 Å². The number of nitrogens with zero attached hydrogens (tertiary/aromatic N) is 1. The van der Waals surface area contributed by atoms with Crippen molar-refractivity contribution in [3.63, 3.8) is 0 Å². The van der Waals surface area contributed by atoms with Gasteiger partial charge < -0.3 is 15.2 Å². The first-order valence-corrected chi connectivity index (χ1v) is 9.45. The van der Waals surface area contributed by atoms with Gasteiger partial charge in [0.15, 0.2) is 0 Å². The minimum Gasteiger partial charge on any atom is -0.393 e. The van der Waals surface area contributed by atoms with Gasteiger partial charge in [-0.2, -0.15) is 0 Å². The molecule has 0 bridgehead atoms. The van der Waals surface area contributed by atoms with Crippen LogP contribution in [-0.4, -0.2) is 54.4 Å². The molecule has 1 aromatic rings. The number of morpholine rings is 1. The maximum atomic E-state index is 12.4. The van der Waals surface area contributed by atoms with Crippen molar-refractivity contribution in [3.8, 4) is 0 Å². The fraction of sp³-hybridized carbons (Fsp3) is 0.650. The lowest BCUT2D eigenvalue weighted by molar-refractivity contribution is -0.127. The molecule has 1 heterocycles. The lowest BCUT2D eigenvalue weighted by atomic mass is 9.80. The van der Waals surface area contributed by atoms with Crippen molar-refractivity contribution in [3.05, 3.63) is 35.4 Å². The summed E-state index contributed by atoms with van der Waals surface area (Å²) in [5, 5.41) is 13.4. The number of hydrogen-bond donors (Lipinski definition) is 2. The van der Waals surface area contributed by atoms with E-state index in [-0.39, 0.29) is 24.0 Å². The molecular weight excluding hydrogens is 316 g/mol. The Labute approximate surface area is 150 Å². The fourth-order valence-corrected chi connectivity index (χ4v) is 4.10. The number of aliphatic hydroxyl groups is 1. The average molecular weight is 346 g/mol. The number of ether oxygens (including phenoxy) is 1. The predicted octanol–water partition coefficient (Wildman–Crippen LogP) is 1.86. The molecule has 1 saturated heterocycles. The molecule has 2 aliphatic rings. The molecule has 1 aromatic carbocycles. The number of carbonyl (C=O) groups excluding carboxylic acids is 1. The minimum absolute atomic E-state index is 0.0405. The Morgan fingerprint density at radius 3 is 3.00 bits per heavy atom. The molecule has 5 nitrogen and oxygen atoms in total. The zero-order chi connectivity index (χ0) is 17.6. The number of aryl methyl sites for hydroxylation is 1. The normalized spacial score (nSPS) is 27.8. The van der Waals surface area contributed by atoms with Gasteiger partial charge in [-0.25, -0.2) is 0 Å². The number of aliphatic hydroxyl groups excluding tert-OH is 1. The summed E-state index contributed by atoms with van der Waals surface area (Å²) in [6.45, 7) is 5.02. The van der Waals surface area contributed by atoms with Crippen LogP contribution in [0.15, 0.2) is 24.3 Å². The van der Waals surface area contributed by atoms with Gasteiger partial charge >= 0.3 is 0 Å². The van der Waals surface area contributed by atoms with Gasteiger partial charge in [0.2, 0.25) is 5.91 Å². The van der Waals surface area contributed by atoms with Crippen LogP contribution in [0.1, 0.15) is 36.8 Å². The number of carbonyl (C=O) groups is 1. The maximum Gasteiger partial charge on any atom is 0.234 e. The summed E-state index contributed by atoms with van der Waals surface area (Å²) in [4.78, 5) is 14.6. The minimum atomic E-state index is -0.265. The van der Waals surface area contributed by atoms with Gasteiger partial charge in [0.25, 0.3) is 0 Å². The molecule has 25 heavy (non-hydrogen) atoms. The standard InChI is InChI=1S/C20H30N2O3/c1-15-5-4-6-16(11-15)12-21-20(24)13-22-9-10-25-14-18(22)17-7-2-3-8-19(17)23/h4-6,11,17-19,23H,2-3,7-10,12-14H2,1H3,(H,21,24). The van der Waals surface area contributed by atoms with Crippen LogP contribution < -0.4 is 5.32 Å². The van der Waals surface area contributed by atoms with Gasteiger partial charge in [-0.1, -0.05) is 42.7 Å². The second-order valence-electron chi connectivity index (χ2n) is 7.39. The van der Waals surface area contributed by atoms with Crippen molar-refractivity contribution < 1.29 is 14.6 Å². The Hall–Kier alpha value is -1.43. The van der Waals surface area contributed by atoms with E-state index in [2.05, 4.69) is 29.3 Å². The fourth-order valence-electron chi connectivity index (χ4n) is 4.10. The molecule has 0 aromatic heterocycles. The predicted molar refractivity (Wildman–Crippen MR) is 97.2 cm³/mol. The topological polar surface area (TPSA) is 61.8 Å². The van der Waals surface area contributed by atoms with Gasteiger partial charge in [0.1, 0.15) is 0 Å². The van der Waals surface area contributed by atoms with E-state index in [0.29, 0.717) is 26.3 Å². The number of nitrogens with one attached hydrogen (secondary N) is 1. The van der Waals surface area contributed by atoms with Gasteiger partial charge in [-0.3, -0.25) is 9.69 Å². The molecule has 2 fully saturated rings. The highest BCUT2D eigenvalue weighted by Crippen LogP contribution is 2.30. The maximum absolute atomic E-state index is 12.4. The van der Waals surface area contributed by atoms with Crippen molar-refractivity contribution in [2.45, 2.75) is 51.3 Å². The van der Waals surface area contributed by atoms with Gasteiger partial charge in [-0.15, -0.1) is 0 Å². The van der Waals surface area contributed by atoms with Crippen molar-refractivity contribution in [2.24, 2.45) is 5.92 Å². The van der Waals surface area contributed by atoms with E-state index in [0.717, 1.165) is 37.8 Å². The number of benzene rings is 1. The monoisotopic (exact) mass is 346 g/mol. The molecule has 0 spiro atoms. The first-order chi connectivity index (χ1) is 12.1. The van der Waals surface area contributed by atoms with Crippen molar-refractivity contribution in [1.29, 1.82) is 0 Å². The quantitative estimate of drug-likeness (QED) is 0.854. The van der Waals surface area contributed by atoms with E-state index >= 15 is 0 Å². The summed E-state index contributed by atoms with van der Waals surface area (Å²) < 4.78 is 5.65. The van der Waals surface area contributed by atoms with Crippen molar-refractivity contribution in [1.82, 2.24) is 10.2 Å². The molecule has 2 N–H and O–H groups in total. The van der Waals surface area contributed by atoms with E-state index in [1.54, 1.807) is 0 Å². The summed E-state index contributed by atoms with van der Waals surface area (Å²) >= 11 is 0. The van der Waals surface area contributed by atoms with E-state index < -0.39 is 0 Å². The second kappa shape index (κ2) is 8.79.